The van der Waals surface area contributed by atoms with E-state index in [9.17, 15) is 18.0 Å². The molecule has 3 heterocycles. The minimum absolute atomic E-state index is 0.0441. The number of benzene rings is 1. The number of fused-ring (bicyclic) bond motifs is 1. The van der Waals surface area contributed by atoms with Crippen molar-refractivity contribution in [1.82, 2.24) is 14.1 Å². The standard InChI is InChI=1S/C22H28N4O4S/c1-4-17-21(22-23-19(27)10-11-20(28)26(22)24-17)16-9-8-14(2)18(13-16)31(29,30)25-12-6-5-7-15(25)3/h8-9,13,15H,4-7,10-12H2,1-3H3,(H,23,27). The van der Waals surface area contributed by atoms with Crippen LogP contribution < -0.4 is 5.32 Å². The second kappa shape index (κ2) is 8.20. The maximum Gasteiger partial charge on any atom is 0.249 e. The van der Waals surface area contributed by atoms with Crippen LogP contribution in [0.15, 0.2) is 23.1 Å². The van der Waals surface area contributed by atoms with Gasteiger partial charge in [0, 0.05) is 31.0 Å². The van der Waals surface area contributed by atoms with Crippen LogP contribution >= 0.6 is 0 Å². The van der Waals surface area contributed by atoms with Gasteiger partial charge < -0.3 is 5.32 Å². The van der Waals surface area contributed by atoms with E-state index in [0.29, 0.717) is 41.2 Å². The van der Waals surface area contributed by atoms with E-state index < -0.39 is 10.0 Å². The third-order valence-corrected chi connectivity index (χ3v) is 8.31. The molecule has 1 unspecified atom stereocenters. The molecule has 1 aromatic heterocycles. The van der Waals surface area contributed by atoms with Crippen LogP contribution in [-0.2, 0) is 21.2 Å². The molecule has 2 aliphatic heterocycles. The first-order chi connectivity index (χ1) is 14.7. The maximum atomic E-state index is 13.5. The molecule has 8 nitrogen and oxygen atoms in total. The fourth-order valence-corrected chi connectivity index (χ4v) is 6.37. The summed E-state index contributed by atoms with van der Waals surface area (Å²) in [5, 5.41) is 7.23. The summed E-state index contributed by atoms with van der Waals surface area (Å²) in [7, 11) is -3.67. The van der Waals surface area contributed by atoms with Gasteiger partial charge in [-0.25, -0.2) is 8.42 Å². The molecule has 1 N–H and O–H groups in total. The first kappa shape index (κ1) is 21.7. The lowest BCUT2D eigenvalue weighted by atomic mass is 10.0. The van der Waals surface area contributed by atoms with Gasteiger partial charge in [-0.1, -0.05) is 25.5 Å². The Morgan fingerprint density at radius 1 is 1.19 bits per heavy atom. The van der Waals surface area contributed by atoms with Gasteiger partial charge in [-0.3, -0.25) is 9.59 Å². The number of aromatic nitrogens is 2. The molecular weight excluding hydrogens is 416 g/mol. The van der Waals surface area contributed by atoms with E-state index in [0.717, 1.165) is 19.3 Å². The van der Waals surface area contributed by atoms with Gasteiger partial charge in [0.2, 0.25) is 21.8 Å². The normalized spacial score (nSPS) is 20.3. The summed E-state index contributed by atoms with van der Waals surface area (Å²) in [6.07, 6.45) is 3.46. The zero-order chi connectivity index (χ0) is 22.3. The van der Waals surface area contributed by atoms with E-state index >= 15 is 0 Å². The van der Waals surface area contributed by atoms with E-state index in [1.165, 1.54) is 4.68 Å². The number of hydrogen-bond donors (Lipinski definition) is 1. The number of piperidine rings is 1. The van der Waals surface area contributed by atoms with Crippen molar-refractivity contribution >= 4 is 27.7 Å². The minimum Gasteiger partial charge on any atom is -0.310 e. The third-order valence-electron chi connectivity index (χ3n) is 6.16. The number of amides is 1. The molecule has 9 heteroatoms. The number of aryl methyl sites for hydroxylation is 2. The molecule has 1 saturated heterocycles. The van der Waals surface area contributed by atoms with Crippen LogP contribution in [0.5, 0.6) is 0 Å². The van der Waals surface area contributed by atoms with Gasteiger partial charge in [0.15, 0.2) is 0 Å². The number of hydrogen-bond acceptors (Lipinski definition) is 5. The molecule has 0 bridgehead atoms. The predicted molar refractivity (Wildman–Crippen MR) is 117 cm³/mol. The molecular formula is C22H28N4O4S. The first-order valence-corrected chi connectivity index (χ1v) is 12.3. The highest BCUT2D eigenvalue weighted by Gasteiger charge is 2.33. The SMILES string of the molecule is CCc1nn2c(c1-c1ccc(C)c(S(=O)(=O)N3CCCCC3C)c1)NC(=O)CCC2=O. The molecule has 1 fully saturated rings. The third kappa shape index (κ3) is 3.80. The first-order valence-electron chi connectivity index (χ1n) is 10.8. The number of sulfonamides is 1. The molecule has 4 rings (SSSR count). The highest BCUT2D eigenvalue weighted by Crippen LogP contribution is 2.37. The average Bonchev–Trinajstić information content (AvgIpc) is 3.04. The quantitative estimate of drug-likeness (QED) is 0.779. The Morgan fingerprint density at radius 2 is 1.97 bits per heavy atom. The summed E-state index contributed by atoms with van der Waals surface area (Å²) >= 11 is 0. The van der Waals surface area contributed by atoms with Gasteiger partial charge in [0.25, 0.3) is 0 Å². The maximum absolute atomic E-state index is 13.5. The molecule has 31 heavy (non-hydrogen) atoms. The lowest BCUT2D eigenvalue weighted by molar-refractivity contribution is -0.116. The van der Waals surface area contributed by atoms with Crippen LogP contribution in [0.25, 0.3) is 11.1 Å². The predicted octanol–water partition coefficient (Wildman–Crippen LogP) is 3.36. The lowest BCUT2D eigenvalue weighted by Gasteiger charge is -2.32. The molecule has 0 saturated carbocycles. The number of rotatable bonds is 4. The average molecular weight is 445 g/mol. The van der Waals surface area contributed by atoms with E-state index in [-0.39, 0.29) is 35.6 Å². The molecule has 0 radical (unpaired) electrons. The summed E-state index contributed by atoms with van der Waals surface area (Å²) in [5.74, 6) is -0.183. The molecule has 2 aromatic rings. The highest BCUT2D eigenvalue weighted by molar-refractivity contribution is 7.89. The summed E-state index contributed by atoms with van der Waals surface area (Å²) in [4.78, 5) is 24.9. The Morgan fingerprint density at radius 3 is 2.68 bits per heavy atom. The molecule has 166 valence electrons. The van der Waals surface area contributed by atoms with Crippen LogP contribution in [0.2, 0.25) is 0 Å². The fraction of sp³-hybridized carbons (Fsp3) is 0.500. The second-order valence-electron chi connectivity index (χ2n) is 8.32. The topological polar surface area (TPSA) is 101 Å². The monoisotopic (exact) mass is 444 g/mol. The van der Waals surface area contributed by atoms with E-state index in [1.807, 2.05) is 19.9 Å². The van der Waals surface area contributed by atoms with E-state index in [4.69, 9.17) is 0 Å². The summed E-state index contributed by atoms with van der Waals surface area (Å²) in [6.45, 7) is 6.17. The lowest BCUT2D eigenvalue weighted by Crippen LogP contribution is -2.42. The van der Waals surface area contributed by atoms with Crippen LogP contribution in [-0.4, -0.2) is 46.9 Å². The van der Waals surface area contributed by atoms with Gasteiger partial charge in [-0.2, -0.15) is 14.1 Å². The number of nitrogens with one attached hydrogen (secondary N) is 1. The van der Waals surface area contributed by atoms with Crippen LogP contribution in [0.3, 0.4) is 0 Å². The summed E-state index contributed by atoms with van der Waals surface area (Å²) < 4.78 is 29.9. The van der Waals surface area contributed by atoms with Gasteiger partial charge in [0.1, 0.15) is 5.82 Å². The smallest absolute Gasteiger partial charge is 0.249 e. The molecule has 1 atom stereocenters. The molecule has 2 aliphatic rings. The van der Waals surface area contributed by atoms with Crippen LogP contribution in [0, 0.1) is 6.92 Å². The Hall–Kier alpha value is -2.52. The van der Waals surface area contributed by atoms with Crippen molar-refractivity contribution in [3.8, 4) is 11.1 Å². The second-order valence-corrected chi connectivity index (χ2v) is 10.2. The van der Waals surface area contributed by atoms with Crippen molar-refractivity contribution in [3.05, 3.63) is 29.5 Å². The van der Waals surface area contributed by atoms with Gasteiger partial charge in [-0.05, 0) is 50.3 Å². The Balaban J connectivity index is 1.86. The van der Waals surface area contributed by atoms with Crippen molar-refractivity contribution in [2.75, 3.05) is 11.9 Å². The van der Waals surface area contributed by atoms with Crippen molar-refractivity contribution in [2.45, 2.75) is 70.2 Å². The zero-order valence-electron chi connectivity index (χ0n) is 18.1. The summed E-state index contributed by atoms with van der Waals surface area (Å²) in [5.41, 5.74) is 2.54. The van der Waals surface area contributed by atoms with Gasteiger partial charge in [-0.15, -0.1) is 0 Å². The number of anilines is 1. The molecule has 1 amide bonds. The largest absolute Gasteiger partial charge is 0.310 e. The minimum atomic E-state index is -3.67. The Bertz CT molecular complexity index is 1150. The van der Waals surface area contributed by atoms with Crippen LogP contribution in [0.4, 0.5) is 5.82 Å². The van der Waals surface area contributed by atoms with Crippen molar-refractivity contribution < 1.29 is 18.0 Å². The Kier molecular flexibility index (Phi) is 5.74. The van der Waals surface area contributed by atoms with Gasteiger partial charge in [0.05, 0.1) is 10.6 Å². The van der Waals surface area contributed by atoms with Crippen molar-refractivity contribution in [1.29, 1.82) is 0 Å². The highest BCUT2D eigenvalue weighted by atomic mass is 32.2. The summed E-state index contributed by atoms with van der Waals surface area (Å²) in [6, 6.07) is 5.22. The van der Waals surface area contributed by atoms with E-state index in [1.54, 1.807) is 23.4 Å². The molecule has 0 spiro atoms. The number of carbonyl (C=O) groups excluding carboxylic acids is 2. The zero-order valence-corrected chi connectivity index (χ0v) is 19.0. The molecule has 0 aliphatic carbocycles. The van der Waals surface area contributed by atoms with Gasteiger partial charge >= 0.3 is 0 Å². The van der Waals surface area contributed by atoms with E-state index in [2.05, 4.69) is 10.4 Å². The van der Waals surface area contributed by atoms with Crippen LogP contribution in [0.1, 0.15) is 62.0 Å². The number of nitrogens with zero attached hydrogens (tertiary/aromatic N) is 3. The molecule has 1 aromatic carbocycles. The number of carbonyl (C=O) groups is 2. The Labute approximate surface area is 182 Å². The van der Waals surface area contributed by atoms with Crippen molar-refractivity contribution in [2.24, 2.45) is 0 Å². The fourth-order valence-electron chi connectivity index (χ4n) is 4.42. The van der Waals surface area contributed by atoms with Crippen molar-refractivity contribution in [3.63, 3.8) is 0 Å².